The molecule has 0 aliphatic carbocycles. The number of nitrogens with one attached hydrogen (secondary N) is 6. The molecule has 284 valence electrons. The molecule has 0 saturated heterocycles. The van der Waals surface area contributed by atoms with Crippen molar-refractivity contribution in [3.8, 4) is 22.3 Å². The van der Waals surface area contributed by atoms with Gasteiger partial charge in [-0.3, -0.25) is 25.2 Å². The minimum Gasteiger partial charge on any atom is -0.374 e. The van der Waals surface area contributed by atoms with Crippen LogP contribution in [0.3, 0.4) is 0 Å². The minimum absolute atomic E-state index is 0.141. The minimum atomic E-state index is -0.982. The Morgan fingerprint density at radius 3 is 1.70 bits per heavy atom. The van der Waals surface area contributed by atoms with Gasteiger partial charge < -0.3 is 37.6 Å². The van der Waals surface area contributed by atoms with Gasteiger partial charge in [-0.1, -0.05) is 109 Å². The molecule has 2 atom stereocenters. The van der Waals surface area contributed by atoms with Crippen molar-refractivity contribution in [2.45, 2.75) is 57.7 Å². The van der Waals surface area contributed by atoms with E-state index in [1.165, 1.54) is 4.90 Å². The van der Waals surface area contributed by atoms with Gasteiger partial charge in [0, 0.05) is 26.2 Å². The summed E-state index contributed by atoms with van der Waals surface area (Å²) in [5.74, 6) is -1.02. The number of hydrogen-bond donors (Lipinski definition) is 8. The highest BCUT2D eigenvalue weighted by molar-refractivity contribution is 5.92. The van der Waals surface area contributed by atoms with Gasteiger partial charge in [-0.15, -0.1) is 0 Å². The van der Waals surface area contributed by atoms with E-state index in [2.05, 4.69) is 21.3 Å². The molecule has 1 unspecified atom stereocenters. The highest BCUT2D eigenvalue weighted by atomic mass is 16.2. The number of hydrogen-bond acceptors (Lipinski definition) is 6. The van der Waals surface area contributed by atoms with Gasteiger partial charge in [0.05, 0.1) is 18.4 Å². The van der Waals surface area contributed by atoms with Gasteiger partial charge in [-0.2, -0.15) is 0 Å². The fourth-order valence-corrected chi connectivity index (χ4v) is 5.94. The first-order valence-electron chi connectivity index (χ1n) is 18.4. The summed E-state index contributed by atoms with van der Waals surface area (Å²) in [5.41, 5.74) is 17.8. The third kappa shape index (κ3) is 13.8. The molecule has 0 saturated carbocycles. The summed E-state index contributed by atoms with van der Waals surface area (Å²) >= 11 is 0. The Bertz CT molecular complexity index is 1800. The molecule has 12 heteroatoms. The third-order valence-electron chi connectivity index (χ3n) is 8.85. The molecule has 0 bridgehead atoms. The van der Waals surface area contributed by atoms with E-state index < -0.39 is 23.9 Å². The Morgan fingerprint density at radius 2 is 1.17 bits per heavy atom. The van der Waals surface area contributed by atoms with Crippen LogP contribution in [0.1, 0.15) is 43.7 Å². The topological polar surface area (TPSA) is 202 Å². The molecule has 10 N–H and O–H groups in total. The number of unbranched alkanes of at least 4 members (excludes halogenated alkanes) is 1. The monoisotopic (exact) mass is 731 g/mol. The first-order valence-corrected chi connectivity index (χ1v) is 18.4. The number of carbonyl (C=O) groups excluding carboxylic acids is 3. The molecule has 0 fully saturated rings. The lowest BCUT2D eigenvalue weighted by atomic mass is 10.00. The molecule has 0 spiro atoms. The zero-order valence-corrected chi connectivity index (χ0v) is 30.9. The fourth-order valence-electron chi connectivity index (χ4n) is 5.94. The zero-order valence-electron chi connectivity index (χ0n) is 30.9. The number of nitrogens with two attached hydrogens (primary N) is 2. The average molecular weight is 732 g/mol. The van der Waals surface area contributed by atoms with Gasteiger partial charge >= 0.3 is 0 Å². The molecule has 0 aliphatic rings. The van der Waals surface area contributed by atoms with Crippen LogP contribution in [0.2, 0.25) is 0 Å². The lowest BCUT2D eigenvalue weighted by Crippen LogP contribution is -2.54. The Labute approximate surface area is 318 Å². The molecular formula is C42H53N9O3. The van der Waals surface area contributed by atoms with E-state index >= 15 is 0 Å². The van der Waals surface area contributed by atoms with Crippen LogP contribution in [0, 0.1) is 10.8 Å². The maximum Gasteiger partial charge on any atom is 0.245 e. The summed E-state index contributed by atoms with van der Waals surface area (Å²) in [6, 6.07) is 33.7. The summed E-state index contributed by atoms with van der Waals surface area (Å²) < 4.78 is 0. The van der Waals surface area contributed by atoms with Crippen molar-refractivity contribution >= 4 is 29.5 Å². The number of rotatable bonds is 20. The van der Waals surface area contributed by atoms with Gasteiger partial charge in [-0.25, -0.2) is 0 Å². The second-order valence-electron chi connectivity index (χ2n) is 13.3. The molecule has 4 aromatic carbocycles. The highest BCUT2D eigenvalue weighted by Crippen LogP contribution is 2.21. The molecule has 4 aromatic rings. The van der Waals surface area contributed by atoms with E-state index in [0.717, 1.165) is 39.8 Å². The van der Waals surface area contributed by atoms with E-state index in [4.69, 9.17) is 22.3 Å². The van der Waals surface area contributed by atoms with Gasteiger partial charge in [0.2, 0.25) is 17.7 Å². The first-order chi connectivity index (χ1) is 26.1. The summed E-state index contributed by atoms with van der Waals surface area (Å²) in [5, 5.41) is 26.5. The van der Waals surface area contributed by atoms with E-state index in [-0.39, 0.29) is 37.8 Å². The first kappa shape index (κ1) is 40.8. The summed E-state index contributed by atoms with van der Waals surface area (Å²) in [6.45, 7) is 2.98. The van der Waals surface area contributed by atoms with Crippen LogP contribution in [0.15, 0.2) is 109 Å². The lowest BCUT2D eigenvalue weighted by molar-refractivity contribution is -0.140. The predicted octanol–water partition coefficient (Wildman–Crippen LogP) is 4.15. The summed E-state index contributed by atoms with van der Waals surface area (Å²) in [6.07, 6.45) is 2.39. The zero-order chi connectivity index (χ0) is 38.7. The number of carbonyl (C=O) groups is 3. The molecule has 4 rings (SSSR count). The predicted molar refractivity (Wildman–Crippen MR) is 216 cm³/mol. The van der Waals surface area contributed by atoms with Gasteiger partial charge in [0.25, 0.3) is 0 Å². The Balaban J connectivity index is 1.48. The van der Waals surface area contributed by atoms with Crippen LogP contribution in [0.5, 0.6) is 0 Å². The van der Waals surface area contributed by atoms with E-state index in [0.29, 0.717) is 38.3 Å². The Kier molecular flexibility index (Phi) is 16.2. The van der Waals surface area contributed by atoms with E-state index in [1.807, 2.05) is 109 Å². The van der Waals surface area contributed by atoms with Gasteiger partial charge in [-0.05, 0) is 72.4 Å². The lowest BCUT2D eigenvalue weighted by Gasteiger charge is -2.29. The molecule has 54 heavy (non-hydrogen) atoms. The number of amides is 3. The van der Waals surface area contributed by atoms with E-state index in [1.54, 1.807) is 6.92 Å². The van der Waals surface area contributed by atoms with Crippen LogP contribution in [0.4, 0.5) is 0 Å². The van der Waals surface area contributed by atoms with Crippen molar-refractivity contribution in [3.05, 3.63) is 120 Å². The summed E-state index contributed by atoms with van der Waals surface area (Å²) in [4.78, 5) is 42.6. The number of amidine groups is 1. The SMILES string of the molecule is CC(=N)NCCCCNC(=O)CN(Cc1ccc(-c2ccccc2)cc1)C(=O)C(CCCNC(=N)N)NC(=O)[C@@H](N)Cc1ccc(-c2ccccc2)cc1. The molecular weight excluding hydrogens is 679 g/mol. The Hall–Kier alpha value is -6.01. The second kappa shape index (κ2) is 21.5. The van der Waals surface area contributed by atoms with Crippen molar-refractivity contribution in [1.29, 1.82) is 10.8 Å². The van der Waals surface area contributed by atoms with Gasteiger partial charge in [0.15, 0.2) is 5.96 Å². The molecule has 0 aliphatic heterocycles. The maximum absolute atomic E-state index is 14.3. The summed E-state index contributed by atoms with van der Waals surface area (Å²) in [7, 11) is 0. The maximum atomic E-state index is 14.3. The number of benzene rings is 4. The molecule has 0 radical (unpaired) electrons. The third-order valence-corrected chi connectivity index (χ3v) is 8.85. The standard InChI is InChI=1S/C42H53N9O3/c1-30(43)47-24-8-9-25-48-39(52)29-51(28-32-18-22-36(23-19-32)34-13-6-3-7-14-34)41(54)38(15-10-26-49-42(45)46)50-40(53)37(44)27-31-16-20-35(21-17-31)33-11-4-2-5-12-33/h2-7,11-14,16-23,37-38H,8-10,15,24-29,44H2,1H3,(H2,43,47)(H,48,52)(H,50,53)(H4,45,46,49)/t37-,38?/m0/s1. The molecule has 0 aromatic heterocycles. The van der Waals surface area contributed by atoms with Crippen LogP contribution < -0.4 is 32.7 Å². The van der Waals surface area contributed by atoms with Crippen molar-refractivity contribution in [3.63, 3.8) is 0 Å². The van der Waals surface area contributed by atoms with Crippen LogP contribution >= 0.6 is 0 Å². The highest BCUT2D eigenvalue weighted by Gasteiger charge is 2.29. The average Bonchev–Trinajstić information content (AvgIpc) is 3.17. The van der Waals surface area contributed by atoms with Gasteiger partial charge in [0.1, 0.15) is 6.04 Å². The molecule has 12 nitrogen and oxygen atoms in total. The smallest absolute Gasteiger partial charge is 0.245 e. The molecule has 3 amide bonds. The normalized spacial score (nSPS) is 11.8. The Morgan fingerprint density at radius 1 is 0.667 bits per heavy atom. The fraction of sp³-hybridized carbons (Fsp3) is 0.310. The number of guanidine groups is 1. The van der Waals surface area contributed by atoms with Crippen molar-refractivity contribution < 1.29 is 14.4 Å². The van der Waals surface area contributed by atoms with Crippen LogP contribution in [0.25, 0.3) is 22.3 Å². The van der Waals surface area contributed by atoms with Crippen molar-refractivity contribution in [2.75, 3.05) is 26.2 Å². The van der Waals surface area contributed by atoms with Crippen LogP contribution in [-0.4, -0.2) is 72.7 Å². The second-order valence-corrected chi connectivity index (χ2v) is 13.3. The van der Waals surface area contributed by atoms with Crippen molar-refractivity contribution in [2.24, 2.45) is 11.5 Å². The number of nitrogens with zero attached hydrogens (tertiary/aromatic N) is 1. The quantitative estimate of drug-likeness (QED) is 0.0379. The van der Waals surface area contributed by atoms with E-state index in [9.17, 15) is 14.4 Å². The van der Waals surface area contributed by atoms with Crippen LogP contribution in [-0.2, 0) is 27.3 Å². The molecule has 0 heterocycles. The largest absolute Gasteiger partial charge is 0.374 e. The van der Waals surface area contributed by atoms with Crippen molar-refractivity contribution in [1.82, 2.24) is 26.2 Å².